The van der Waals surface area contributed by atoms with Gasteiger partial charge in [-0.15, -0.1) is 0 Å². The van der Waals surface area contributed by atoms with Gasteiger partial charge in [-0.2, -0.15) is 5.10 Å². The standard InChI is InChI=1S/C9H9N3O5/c1-17-9(14)11-10-5-6-2-3-7(12(15)16)4-8(6)13/h2-5,13H,1H3,(H,11,14)/b10-5+. The summed E-state index contributed by atoms with van der Waals surface area (Å²) in [5.74, 6) is -0.311. The highest BCUT2D eigenvalue weighted by atomic mass is 16.6. The number of nitrogens with one attached hydrogen (secondary N) is 1. The number of aromatic hydroxyl groups is 1. The lowest BCUT2D eigenvalue weighted by Crippen LogP contribution is -2.16. The fourth-order valence-electron chi connectivity index (χ4n) is 0.955. The summed E-state index contributed by atoms with van der Waals surface area (Å²) in [4.78, 5) is 20.4. The lowest BCUT2D eigenvalue weighted by molar-refractivity contribution is -0.384. The van der Waals surface area contributed by atoms with Gasteiger partial charge in [-0.1, -0.05) is 0 Å². The van der Waals surface area contributed by atoms with Crippen LogP contribution in [0, 0.1) is 10.1 Å². The zero-order valence-electron chi connectivity index (χ0n) is 8.78. The molecule has 0 heterocycles. The maximum Gasteiger partial charge on any atom is 0.427 e. The number of carbonyl (C=O) groups excluding carboxylic acids is 1. The normalized spacial score (nSPS) is 10.2. The Morgan fingerprint density at radius 1 is 1.65 bits per heavy atom. The zero-order valence-corrected chi connectivity index (χ0v) is 8.78. The van der Waals surface area contributed by atoms with Crippen molar-refractivity contribution in [3.05, 3.63) is 33.9 Å². The Morgan fingerprint density at radius 2 is 2.35 bits per heavy atom. The molecular weight excluding hydrogens is 230 g/mol. The van der Waals surface area contributed by atoms with E-state index in [-0.39, 0.29) is 17.0 Å². The first-order valence-electron chi connectivity index (χ1n) is 4.39. The number of hydrogen-bond acceptors (Lipinski definition) is 6. The molecule has 0 fully saturated rings. The van der Waals surface area contributed by atoms with Crippen molar-refractivity contribution in [2.75, 3.05) is 7.11 Å². The third kappa shape index (κ3) is 3.45. The largest absolute Gasteiger partial charge is 0.507 e. The number of phenols is 1. The van der Waals surface area contributed by atoms with Crippen LogP contribution in [0.15, 0.2) is 23.3 Å². The summed E-state index contributed by atoms with van der Waals surface area (Å²) in [7, 11) is 1.17. The van der Waals surface area contributed by atoms with Crippen LogP contribution in [0.5, 0.6) is 5.75 Å². The molecule has 0 unspecified atom stereocenters. The minimum atomic E-state index is -0.761. The molecule has 0 bridgehead atoms. The van der Waals surface area contributed by atoms with Crippen molar-refractivity contribution in [3.63, 3.8) is 0 Å². The monoisotopic (exact) mass is 239 g/mol. The highest BCUT2D eigenvalue weighted by molar-refractivity contribution is 5.84. The van der Waals surface area contributed by atoms with Gasteiger partial charge in [0.25, 0.3) is 5.69 Å². The van der Waals surface area contributed by atoms with E-state index < -0.39 is 11.0 Å². The maximum atomic E-state index is 10.6. The number of methoxy groups -OCH3 is 1. The van der Waals surface area contributed by atoms with Crippen LogP contribution in [-0.2, 0) is 4.74 Å². The number of amides is 1. The molecular formula is C9H9N3O5. The predicted octanol–water partition coefficient (Wildman–Crippen LogP) is 0.990. The molecule has 90 valence electrons. The van der Waals surface area contributed by atoms with Crippen molar-refractivity contribution in [1.82, 2.24) is 5.43 Å². The van der Waals surface area contributed by atoms with Crippen molar-refractivity contribution in [1.29, 1.82) is 0 Å². The summed E-state index contributed by atoms with van der Waals surface area (Å²) < 4.78 is 4.25. The smallest absolute Gasteiger partial charge is 0.427 e. The molecule has 0 saturated carbocycles. The molecule has 2 N–H and O–H groups in total. The second-order valence-electron chi connectivity index (χ2n) is 2.86. The van der Waals surface area contributed by atoms with Crippen LogP contribution in [0.1, 0.15) is 5.56 Å². The summed E-state index contributed by atoms with van der Waals surface area (Å²) in [6.45, 7) is 0. The van der Waals surface area contributed by atoms with E-state index in [1.165, 1.54) is 19.2 Å². The van der Waals surface area contributed by atoms with Crippen molar-refractivity contribution in [2.45, 2.75) is 0 Å². The number of hydrazone groups is 1. The van der Waals surface area contributed by atoms with Gasteiger partial charge in [0.1, 0.15) is 5.75 Å². The summed E-state index contributed by atoms with van der Waals surface area (Å²) in [5, 5.41) is 23.3. The fourth-order valence-corrected chi connectivity index (χ4v) is 0.955. The van der Waals surface area contributed by atoms with Gasteiger partial charge in [0, 0.05) is 11.6 Å². The van der Waals surface area contributed by atoms with Crippen molar-refractivity contribution < 1.29 is 19.6 Å². The van der Waals surface area contributed by atoms with Gasteiger partial charge in [-0.3, -0.25) is 10.1 Å². The van der Waals surface area contributed by atoms with E-state index in [1.54, 1.807) is 0 Å². The van der Waals surface area contributed by atoms with Crippen LogP contribution in [0.2, 0.25) is 0 Å². The van der Waals surface area contributed by atoms with E-state index in [4.69, 9.17) is 0 Å². The number of nitrogens with zero attached hydrogens (tertiary/aromatic N) is 2. The van der Waals surface area contributed by atoms with E-state index in [2.05, 4.69) is 9.84 Å². The molecule has 0 atom stereocenters. The summed E-state index contributed by atoms with van der Waals surface area (Å²) in [5.41, 5.74) is 2.00. The van der Waals surface area contributed by atoms with Crippen molar-refractivity contribution in [3.8, 4) is 5.75 Å². The van der Waals surface area contributed by atoms with Crippen LogP contribution in [0.4, 0.5) is 10.5 Å². The number of nitro groups is 1. The Bertz CT molecular complexity index is 472. The minimum Gasteiger partial charge on any atom is -0.507 e. The third-order valence-electron chi connectivity index (χ3n) is 1.77. The summed E-state index contributed by atoms with van der Waals surface area (Å²) >= 11 is 0. The van der Waals surface area contributed by atoms with Gasteiger partial charge >= 0.3 is 6.09 Å². The van der Waals surface area contributed by atoms with E-state index in [0.717, 1.165) is 12.3 Å². The molecule has 0 aliphatic carbocycles. The van der Waals surface area contributed by atoms with Gasteiger partial charge in [-0.05, 0) is 6.07 Å². The van der Waals surface area contributed by atoms with Crippen LogP contribution in [-0.4, -0.2) is 29.4 Å². The number of carbonyl (C=O) groups is 1. The molecule has 1 aromatic rings. The van der Waals surface area contributed by atoms with Crippen molar-refractivity contribution in [2.24, 2.45) is 5.10 Å². The molecule has 0 spiro atoms. The van der Waals surface area contributed by atoms with E-state index in [1.807, 2.05) is 5.43 Å². The molecule has 0 aliphatic heterocycles. The van der Waals surface area contributed by atoms with Crippen LogP contribution in [0.3, 0.4) is 0 Å². The molecule has 0 aromatic heterocycles. The van der Waals surface area contributed by atoms with E-state index in [9.17, 15) is 20.0 Å². The number of phenolic OH excluding ortho intramolecular Hbond substituents is 1. The highest BCUT2D eigenvalue weighted by Crippen LogP contribution is 2.21. The number of nitro benzene ring substituents is 1. The van der Waals surface area contributed by atoms with E-state index in [0.29, 0.717) is 0 Å². The number of hydrogen-bond donors (Lipinski definition) is 2. The molecule has 0 saturated heterocycles. The van der Waals surface area contributed by atoms with Gasteiger partial charge in [-0.25, -0.2) is 10.2 Å². The average Bonchev–Trinajstić information content (AvgIpc) is 2.30. The first-order valence-corrected chi connectivity index (χ1v) is 4.39. The summed E-state index contributed by atoms with van der Waals surface area (Å²) in [6, 6.07) is 3.49. The molecule has 0 radical (unpaired) electrons. The van der Waals surface area contributed by atoms with Crippen LogP contribution < -0.4 is 5.43 Å². The molecule has 0 aliphatic rings. The number of benzene rings is 1. The minimum absolute atomic E-state index is 0.229. The van der Waals surface area contributed by atoms with Crippen LogP contribution in [0.25, 0.3) is 0 Å². The van der Waals surface area contributed by atoms with Crippen molar-refractivity contribution >= 4 is 18.0 Å². The molecule has 8 heteroatoms. The SMILES string of the molecule is COC(=O)N/N=C/c1ccc([N+](=O)[O-])cc1O. The number of ether oxygens (including phenoxy) is 1. The first kappa shape index (κ1) is 12.4. The summed E-state index contributed by atoms with van der Waals surface area (Å²) in [6.07, 6.45) is 0.373. The predicted molar refractivity (Wildman–Crippen MR) is 57.9 cm³/mol. The lowest BCUT2D eigenvalue weighted by Gasteiger charge is -1.99. The first-order chi connectivity index (χ1) is 8.04. The Kier molecular flexibility index (Phi) is 3.98. The van der Waals surface area contributed by atoms with E-state index >= 15 is 0 Å². The quantitative estimate of drug-likeness (QED) is 0.463. The molecule has 1 aromatic carbocycles. The maximum absolute atomic E-state index is 10.6. The second-order valence-corrected chi connectivity index (χ2v) is 2.86. The Labute approximate surface area is 95.7 Å². The topological polar surface area (TPSA) is 114 Å². The second kappa shape index (κ2) is 5.45. The van der Waals surface area contributed by atoms with Gasteiger partial charge in [0.2, 0.25) is 0 Å². The Balaban J connectivity index is 2.79. The molecule has 1 rings (SSSR count). The van der Waals surface area contributed by atoms with Gasteiger partial charge < -0.3 is 9.84 Å². The number of non-ortho nitro benzene ring substituents is 1. The molecule has 17 heavy (non-hydrogen) atoms. The highest BCUT2D eigenvalue weighted by Gasteiger charge is 2.08. The molecule has 8 nitrogen and oxygen atoms in total. The third-order valence-corrected chi connectivity index (χ3v) is 1.77. The Hall–Kier alpha value is -2.64. The Morgan fingerprint density at radius 3 is 2.88 bits per heavy atom. The molecule has 1 amide bonds. The van der Waals surface area contributed by atoms with Gasteiger partial charge in [0.15, 0.2) is 0 Å². The number of rotatable bonds is 3. The van der Waals surface area contributed by atoms with Gasteiger partial charge in [0.05, 0.1) is 24.3 Å². The average molecular weight is 239 g/mol. The zero-order chi connectivity index (χ0) is 12.8. The lowest BCUT2D eigenvalue weighted by atomic mass is 10.2. The van der Waals surface area contributed by atoms with Crippen LogP contribution >= 0.6 is 0 Å². The fraction of sp³-hybridized carbons (Fsp3) is 0.111.